The summed E-state index contributed by atoms with van der Waals surface area (Å²) in [6.07, 6.45) is 5.36. The van der Waals surface area contributed by atoms with Crippen molar-refractivity contribution < 1.29 is 23.8 Å². The predicted octanol–water partition coefficient (Wildman–Crippen LogP) is 3.32. The number of amides is 2. The minimum absolute atomic E-state index is 0.175. The summed E-state index contributed by atoms with van der Waals surface area (Å²) in [5.41, 5.74) is 2.42. The summed E-state index contributed by atoms with van der Waals surface area (Å²) in [5.74, 6) is 1.16. The Morgan fingerprint density at radius 1 is 1.15 bits per heavy atom. The van der Waals surface area contributed by atoms with Crippen LogP contribution in [0.5, 0.6) is 11.5 Å². The van der Waals surface area contributed by atoms with Crippen molar-refractivity contribution in [3.63, 3.8) is 0 Å². The molecule has 1 fully saturated rings. The fourth-order valence-corrected chi connectivity index (χ4v) is 5.50. The average Bonchev–Trinajstić information content (AvgIpc) is 3.68. The SMILES string of the molecule is CNC(=O)c1c(C)oc2cc(Oc3ccnn4cc(C(=O)N5CCC(O)(c6ccnn6C)C5)c(C)c34)ccc12. The maximum atomic E-state index is 13.6. The third-order valence-corrected chi connectivity index (χ3v) is 7.47. The summed E-state index contributed by atoms with van der Waals surface area (Å²) >= 11 is 0. The number of aromatic nitrogens is 4. The van der Waals surface area contributed by atoms with Crippen LogP contribution in [0.4, 0.5) is 0 Å². The third-order valence-electron chi connectivity index (χ3n) is 7.47. The molecule has 1 aliphatic rings. The first-order valence-corrected chi connectivity index (χ1v) is 12.6. The number of nitrogens with one attached hydrogen (secondary N) is 1. The normalized spacial score (nSPS) is 17.3. The van der Waals surface area contributed by atoms with Crippen molar-refractivity contribution in [3.05, 3.63) is 77.1 Å². The van der Waals surface area contributed by atoms with E-state index in [-0.39, 0.29) is 18.4 Å². The zero-order valence-electron chi connectivity index (χ0n) is 22.1. The summed E-state index contributed by atoms with van der Waals surface area (Å²) in [5, 5.41) is 23.1. The summed E-state index contributed by atoms with van der Waals surface area (Å²) in [4.78, 5) is 27.5. The first-order chi connectivity index (χ1) is 18.7. The molecular formula is C28H28N6O5. The molecule has 2 N–H and O–H groups in total. The van der Waals surface area contributed by atoms with E-state index in [1.54, 1.807) is 84.0 Å². The van der Waals surface area contributed by atoms with Crippen molar-refractivity contribution in [1.29, 1.82) is 0 Å². The zero-order chi connectivity index (χ0) is 27.5. The Morgan fingerprint density at radius 3 is 2.69 bits per heavy atom. The van der Waals surface area contributed by atoms with E-state index in [1.807, 2.05) is 6.92 Å². The molecule has 5 aromatic rings. The number of fused-ring (bicyclic) bond motifs is 2. The molecule has 39 heavy (non-hydrogen) atoms. The Hall–Kier alpha value is -4.64. The van der Waals surface area contributed by atoms with Crippen LogP contribution in [-0.2, 0) is 12.6 Å². The third kappa shape index (κ3) is 3.93. The summed E-state index contributed by atoms with van der Waals surface area (Å²) < 4.78 is 15.3. The highest BCUT2D eigenvalue weighted by Crippen LogP contribution is 2.36. The summed E-state index contributed by atoms with van der Waals surface area (Å²) in [6.45, 7) is 4.20. The Kier molecular flexibility index (Phi) is 5.69. The molecule has 2 amide bonds. The van der Waals surface area contributed by atoms with Crippen LogP contribution in [0.3, 0.4) is 0 Å². The quantitative estimate of drug-likeness (QED) is 0.358. The second-order valence-corrected chi connectivity index (χ2v) is 9.88. The fraction of sp³-hybridized carbons (Fsp3) is 0.286. The number of furan rings is 1. The van der Waals surface area contributed by atoms with E-state index in [1.165, 1.54) is 0 Å². The predicted molar refractivity (Wildman–Crippen MR) is 142 cm³/mol. The van der Waals surface area contributed by atoms with Crippen molar-refractivity contribution in [2.24, 2.45) is 7.05 Å². The van der Waals surface area contributed by atoms with Gasteiger partial charge in [0.25, 0.3) is 11.8 Å². The first kappa shape index (κ1) is 24.7. The fourth-order valence-electron chi connectivity index (χ4n) is 5.50. The van der Waals surface area contributed by atoms with Crippen LogP contribution in [0, 0.1) is 13.8 Å². The van der Waals surface area contributed by atoms with E-state index < -0.39 is 5.60 Å². The second-order valence-electron chi connectivity index (χ2n) is 9.88. The summed E-state index contributed by atoms with van der Waals surface area (Å²) in [6, 6.07) is 8.82. The number of rotatable bonds is 5. The van der Waals surface area contributed by atoms with Crippen LogP contribution in [0.25, 0.3) is 16.5 Å². The second kappa shape index (κ2) is 8.98. The van der Waals surface area contributed by atoms with Crippen molar-refractivity contribution in [2.75, 3.05) is 20.1 Å². The molecule has 0 spiro atoms. The maximum Gasteiger partial charge on any atom is 0.255 e. The monoisotopic (exact) mass is 528 g/mol. The molecule has 1 atom stereocenters. The molecule has 0 bridgehead atoms. The minimum Gasteiger partial charge on any atom is -0.460 e. The van der Waals surface area contributed by atoms with Gasteiger partial charge in [0.15, 0.2) is 5.75 Å². The molecule has 1 aromatic carbocycles. The van der Waals surface area contributed by atoms with Crippen molar-refractivity contribution in [3.8, 4) is 11.5 Å². The van der Waals surface area contributed by atoms with E-state index in [0.717, 1.165) is 5.56 Å². The highest BCUT2D eigenvalue weighted by molar-refractivity contribution is 6.07. The molecule has 1 saturated heterocycles. The molecule has 11 heteroatoms. The van der Waals surface area contributed by atoms with Gasteiger partial charge in [-0.05, 0) is 37.6 Å². The lowest BCUT2D eigenvalue weighted by molar-refractivity contribution is 0.0351. The molecule has 11 nitrogen and oxygen atoms in total. The highest BCUT2D eigenvalue weighted by atomic mass is 16.5. The highest BCUT2D eigenvalue weighted by Gasteiger charge is 2.42. The molecule has 0 saturated carbocycles. The standard InChI is InChI=1S/C28H28N6O5/c1-16-20(27(36)33-12-9-28(37,15-33)23-8-11-30-32(23)4)14-34-25(16)21(7-10-31-34)39-18-5-6-19-22(13-18)38-17(2)24(19)26(35)29-3/h5-8,10-11,13-14,37H,9,12,15H2,1-4H3,(H,29,35). The van der Waals surface area contributed by atoms with Crippen LogP contribution >= 0.6 is 0 Å². The van der Waals surface area contributed by atoms with Gasteiger partial charge in [0, 0.05) is 57.0 Å². The van der Waals surface area contributed by atoms with Crippen LogP contribution in [0.15, 0.2) is 53.3 Å². The number of carbonyl (C=O) groups is 2. The number of benzene rings is 1. The van der Waals surface area contributed by atoms with Crippen LogP contribution < -0.4 is 10.1 Å². The zero-order valence-corrected chi connectivity index (χ0v) is 22.1. The van der Waals surface area contributed by atoms with Gasteiger partial charge in [-0.15, -0.1) is 0 Å². The Labute approximate surface area is 223 Å². The van der Waals surface area contributed by atoms with E-state index in [2.05, 4.69) is 15.5 Å². The van der Waals surface area contributed by atoms with Gasteiger partial charge in [0.1, 0.15) is 28.2 Å². The smallest absolute Gasteiger partial charge is 0.255 e. The number of hydrogen-bond acceptors (Lipinski definition) is 7. The Balaban J connectivity index is 1.30. The number of nitrogens with zero attached hydrogens (tertiary/aromatic N) is 5. The minimum atomic E-state index is -1.15. The number of likely N-dealkylation sites (tertiary alicyclic amines) is 1. The molecule has 1 unspecified atom stereocenters. The molecule has 0 aliphatic carbocycles. The van der Waals surface area contributed by atoms with Gasteiger partial charge in [0.2, 0.25) is 0 Å². The molecule has 4 aromatic heterocycles. The largest absolute Gasteiger partial charge is 0.460 e. The average molecular weight is 529 g/mol. The topological polar surface area (TPSA) is 127 Å². The molecule has 0 radical (unpaired) electrons. The number of β-amino-alcohol motifs (C(OH)–C–C–N with tert-alkyl or cyclic N) is 1. The van der Waals surface area contributed by atoms with Gasteiger partial charge >= 0.3 is 0 Å². The number of aliphatic hydroxyl groups is 1. The van der Waals surface area contributed by atoms with Crippen LogP contribution in [-0.4, -0.2) is 61.4 Å². The van der Waals surface area contributed by atoms with E-state index in [9.17, 15) is 14.7 Å². The van der Waals surface area contributed by atoms with Gasteiger partial charge in [-0.1, -0.05) is 0 Å². The van der Waals surface area contributed by atoms with E-state index >= 15 is 0 Å². The molecule has 200 valence electrons. The lowest BCUT2D eigenvalue weighted by atomic mass is 9.99. The number of aryl methyl sites for hydroxylation is 3. The first-order valence-electron chi connectivity index (χ1n) is 12.6. The number of carbonyl (C=O) groups excluding carboxylic acids is 2. The van der Waals surface area contributed by atoms with E-state index in [0.29, 0.717) is 63.5 Å². The number of hydrogen-bond donors (Lipinski definition) is 2. The molecule has 5 heterocycles. The molecule has 1 aliphatic heterocycles. The van der Waals surface area contributed by atoms with Crippen LogP contribution in [0.1, 0.15) is 44.2 Å². The van der Waals surface area contributed by atoms with Crippen molar-refractivity contribution in [2.45, 2.75) is 25.9 Å². The Bertz CT molecular complexity index is 1770. The molecular weight excluding hydrogens is 500 g/mol. The maximum absolute atomic E-state index is 13.6. The lowest BCUT2D eigenvalue weighted by Crippen LogP contribution is -2.35. The van der Waals surface area contributed by atoms with Gasteiger partial charge in [-0.25, -0.2) is 4.52 Å². The van der Waals surface area contributed by atoms with Crippen molar-refractivity contribution in [1.82, 2.24) is 29.6 Å². The van der Waals surface area contributed by atoms with Gasteiger partial charge < -0.3 is 24.5 Å². The van der Waals surface area contributed by atoms with Gasteiger partial charge in [-0.2, -0.15) is 10.2 Å². The van der Waals surface area contributed by atoms with E-state index in [4.69, 9.17) is 9.15 Å². The Morgan fingerprint density at radius 2 is 1.95 bits per heavy atom. The van der Waals surface area contributed by atoms with Gasteiger partial charge in [-0.3, -0.25) is 14.3 Å². The van der Waals surface area contributed by atoms with Crippen molar-refractivity contribution >= 4 is 28.3 Å². The molecule has 6 rings (SSSR count). The number of ether oxygens (including phenoxy) is 1. The van der Waals surface area contributed by atoms with Crippen LogP contribution in [0.2, 0.25) is 0 Å². The summed E-state index contributed by atoms with van der Waals surface area (Å²) in [7, 11) is 3.36. The van der Waals surface area contributed by atoms with Gasteiger partial charge in [0.05, 0.1) is 29.6 Å². The lowest BCUT2D eigenvalue weighted by Gasteiger charge is -2.23.